The van der Waals surface area contributed by atoms with Crippen LogP contribution in [0.4, 0.5) is 18.9 Å². The average molecular weight is 487 g/mol. The van der Waals surface area contributed by atoms with Crippen LogP contribution in [0.25, 0.3) is 0 Å². The van der Waals surface area contributed by atoms with E-state index in [0.29, 0.717) is 18.5 Å². The van der Waals surface area contributed by atoms with Crippen molar-refractivity contribution in [3.05, 3.63) is 46.1 Å². The van der Waals surface area contributed by atoms with Crippen LogP contribution in [0.3, 0.4) is 0 Å². The fourth-order valence-corrected chi connectivity index (χ4v) is 4.55. The Morgan fingerprint density at radius 2 is 1.69 bits per heavy atom. The molecule has 1 spiro atoms. The molecule has 2 aliphatic rings. The number of benzene rings is 1. The Bertz CT molecular complexity index is 1080. The maximum atomic E-state index is 12.9. The van der Waals surface area contributed by atoms with E-state index in [1.165, 1.54) is 12.1 Å². The topological polar surface area (TPSA) is 102 Å². The predicted octanol–water partition coefficient (Wildman–Crippen LogP) is 5.31. The molecule has 12 heteroatoms. The Hall–Kier alpha value is -2.72. The molecule has 0 unspecified atom stereocenters. The van der Waals surface area contributed by atoms with Gasteiger partial charge in [-0.05, 0) is 43.9 Å². The van der Waals surface area contributed by atoms with Crippen LogP contribution in [-0.2, 0) is 6.18 Å². The first-order valence-corrected chi connectivity index (χ1v) is 10.6. The van der Waals surface area contributed by atoms with Gasteiger partial charge in [0.2, 0.25) is 17.8 Å². The number of alkyl halides is 3. The number of guanidine groups is 2. The number of halogens is 5. The van der Waals surface area contributed by atoms with Crippen LogP contribution in [-0.4, -0.2) is 22.6 Å². The van der Waals surface area contributed by atoms with Crippen LogP contribution < -0.4 is 21.1 Å². The number of pyridine rings is 1. The molecule has 1 aromatic heterocycles. The number of hydrogen-bond acceptors (Lipinski definition) is 7. The van der Waals surface area contributed by atoms with Gasteiger partial charge in [0.05, 0.1) is 10.0 Å². The van der Waals surface area contributed by atoms with Crippen molar-refractivity contribution in [2.24, 2.45) is 21.5 Å². The molecule has 170 valence electrons. The lowest BCUT2D eigenvalue weighted by Gasteiger charge is -2.45. The lowest BCUT2D eigenvalue weighted by Crippen LogP contribution is -2.58. The van der Waals surface area contributed by atoms with E-state index < -0.39 is 17.5 Å². The van der Waals surface area contributed by atoms with Gasteiger partial charge >= 0.3 is 6.18 Å². The zero-order valence-electron chi connectivity index (χ0n) is 16.7. The second kappa shape index (κ2) is 8.32. The molecule has 0 amide bonds. The number of anilines is 1. The highest BCUT2D eigenvalue weighted by atomic mass is 35.5. The minimum atomic E-state index is -4.61. The SMILES string of the molecule is NC1=NC2(CCCCC2)N(c2cc(Cl)c(Oc3cccc(C(F)(F)F)n3)c(Cl)c2)C(N)=N1. The lowest BCUT2D eigenvalue weighted by molar-refractivity contribution is -0.141. The Morgan fingerprint density at radius 1 is 1.03 bits per heavy atom. The maximum absolute atomic E-state index is 12.9. The van der Waals surface area contributed by atoms with Crippen molar-refractivity contribution in [3.63, 3.8) is 0 Å². The molecule has 2 heterocycles. The fraction of sp³-hybridized carbons (Fsp3) is 0.350. The zero-order chi connectivity index (χ0) is 23.1. The van der Waals surface area contributed by atoms with Gasteiger partial charge in [0.15, 0.2) is 5.75 Å². The molecule has 1 aromatic carbocycles. The Kier molecular flexibility index (Phi) is 5.85. The smallest absolute Gasteiger partial charge is 0.433 e. The standard InChI is InChI=1S/C20H19Cl2F3N6O/c21-12-9-11(31-18(27)29-17(26)30-19(31)7-2-1-3-8-19)10-13(22)16(12)32-15-6-4-5-14(28-15)20(23,24)25/h4-6,9-10H,1-3,7-8H2,(H4,26,27,29,30). The number of aliphatic imine (C=N–C) groups is 2. The van der Waals surface area contributed by atoms with Crippen LogP contribution in [0.5, 0.6) is 11.6 Å². The third kappa shape index (κ3) is 4.29. The summed E-state index contributed by atoms with van der Waals surface area (Å²) in [5.41, 5.74) is 10.8. The zero-order valence-corrected chi connectivity index (χ0v) is 18.2. The maximum Gasteiger partial charge on any atom is 0.433 e. The molecule has 4 N–H and O–H groups in total. The molecule has 0 atom stereocenters. The number of ether oxygens (including phenoxy) is 1. The molecule has 1 saturated carbocycles. The second-order valence-electron chi connectivity index (χ2n) is 7.52. The Labute approximate surface area is 191 Å². The van der Waals surface area contributed by atoms with Crippen LogP contribution in [0.15, 0.2) is 40.3 Å². The molecule has 1 aliphatic carbocycles. The molecule has 4 rings (SSSR count). The minimum absolute atomic E-state index is 0.0304. The molecule has 1 aliphatic heterocycles. The third-order valence-electron chi connectivity index (χ3n) is 5.31. The summed E-state index contributed by atoms with van der Waals surface area (Å²) in [6, 6.07) is 6.40. The molecular formula is C20H19Cl2F3N6O. The van der Waals surface area contributed by atoms with E-state index in [4.69, 9.17) is 39.4 Å². The molecular weight excluding hydrogens is 468 g/mol. The number of hydrogen-bond donors (Lipinski definition) is 2. The van der Waals surface area contributed by atoms with Crippen molar-refractivity contribution in [2.45, 2.75) is 43.9 Å². The van der Waals surface area contributed by atoms with Crippen LogP contribution in [0.1, 0.15) is 37.8 Å². The van der Waals surface area contributed by atoms with Crippen molar-refractivity contribution in [1.82, 2.24) is 4.98 Å². The van der Waals surface area contributed by atoms with Crippen LogP contribution in [0, 0.1) is 0 Å². The summed E-state index contributed by atoms with van der Waals surface area (Å²) in [7, 11) is 0. The largest absolute Gasteiger partial charge is 0.436 e. The summed E-state index contributed by atoms with van der Waals surface area (Å²) < 4.78 is 44.3. The first-order chi connectivity index (χ1) is 15.1. The summed E-state index contributed by atoms with van der Waals surface area (Å²) in [5.74, 6) is -0.0677. The van der Waals surface area contributed by atoms with Gasteiger partial charge in [-0.1, -0.05) is 35.7 Å². The second-order valence-corrected chi connectivity index (χ2v) is 8.33. The fourth-order valence-electron chi connectivity index (χ4n) is 4.00. The van der Waals surface area contributed by atoms with Gasteiger partial charge in [0, 0.05) is 11.8 Å². The lowest BCUT2D eigenvalue weighted by atomic mass is 9.87. The highest BCUT2D eigenvalue weighted by Crippen LogP contribution is 2.44. The number of nitrogens with zero attached hydrogens (tertiary/aromatic N) is 4. The van der Waals surface area contributed by atoms with Gasteiger partial charge in [0.25, 0.3) is 0 Å². The molecule has 2 aromatic rings. The van der Waals surface area contributed by atoms with Gasteiger partial charge in [-0.3, -0.25) is 4.90 Å². The highest BCUT2D eigenvalue weighted by Gasteiger charge is 2.43. The van der Waals surface area contributed by atoms with Crippen molar-refractivity contribution >= 4 is 40.8 Å². The van der Waals surface area contributed by atoms with Crippen LogP contribution in [0.2, 0.25) is 10.0 Å². The van der Waals surface area contributed by atoms with E-state index in [-0.39, 0.29) is 33.6 Å². The third-order valence-corrected chi connectivity index (χ3v) is 5.87. The van der Waals surface area contributed by atoms with E-state index in [9.17, 15) is 13.2 Å². The quantitative estimate of drug-likeness (QED) is 0.611. The monoisotopic (exact) mass is 486 g/mol. The molecule has 7 nitrogen and oxygen atoms in total. The molecule has 32 heavy (non-hydrogen) atoms. The van der Waals surface area contributed by atoms with Crippen molar-refractivity contribution in [2.75, 3.05) is 4.90 Å². The summed E-state index contributed by atoms with van der Waals surface area (Å²) in [5, 5.41) is 0.126. The van der Waals surface area contributed by atoms with Crippen molar-refractivity contribution in [3.8, 4) is 11.6 Å². The van der Waals surface area contributed by atoms with Crippen LogP contribution >= 0.6 is 23.2 Å². The number of rotatable bonds is 3. The van der Waals surface area contributed by atoms with Gasteiger partial charge < -0.3 is 16.2 Å². The highest BCUT2D eigenvalue weighted by molar-refractivity contribution is 6.37. The average Bonchev–Trinajstić information content (AvgIpc) is 2.70. The normalized spacial score (nSPS) is 18.3. The number of nitrogens with two attached hydrogens (primary N) is 2. The van der Waals surface area contributed by atoms with E-state index in [1.54, 1.807) is 17.0 Å². The van der Waals surface area contributed by atoms with E-state index >= 15 is 0 Å². The van der Waals surface area contributed by atoms with Gasteiger partial charge in [-0.2, -0.15) is 18.2 Å². The minimum Gasteiger partial charge on any atom is -0.436 e. The Morgan fingerprint density at radius 3 is 2.31 bits per heavy atom. The van der Waals surface area contributed by atoms with Crippen molar-refractivity contribution < 1.29 is 17.9 Å². The number of aromatic nitrogens is 1. The van der Waals surface area contributed by atoms with Crippen molar-refractivity contribution in [1.29, 1.82) is 0 Å². The molecule has 0 radical (unpaired) electrons. The summed E-state index contributed by atoms with van der Waals surface area (Å²) in [6.45, 7) is 0. The van der Waals surface area contributed by atoms with E-state index in [0.717, 1.165) is 25.3 Å². The summed E-state index contributed by atoms with van der Waals surface area (Å²) in [6.07, 6.45) is -0.245. The molecule has 0 bridgehead atoms. The Balaban J connectivity index is 1.69. The van der Waals surface area contributed by atoms with E-state index in [1.807, 2.05) is 0 Å². The molecule has 0 saturated heterocycles. The van der Waals surface area contributed by atoms with E-state index in [2.05, 4.69) is 15.0 Å². The first-order valence-electron chi connectivity index (χ1n) is 9.80. The summed E-state index contributed by atoms with van der Waals surface area (Å²) in [4.78, 5) is 13.9. The van der Waals surface area contributed by atoms with Gasteiger partial charge in [-0.15, -0.1) is 0 Å². The summed E-state index contributed by atoms with van der Waals surface area (Å²) >= 11 is 12.8. The first kappa shape index (κ1) is 22.5. The molecule has 1 fully saturated rings. The van der Waals surface area contributed by atoms with Gasteiger partial charge in [-0.25, -0.2) is 9.98 Å². The predicted molar refractivity (Wildman–Crippen MR) is 117 cm³/mol. The van der Waals surface area contributed by atoms with Gasteiger partial charge in [0.1, 0.15) is 11.4 Å².